The Hall–Kier alpha value is -2.40. The van der Waals surface area contributed by atoms with Gasteiger partial charge in [-0.15, -0.1) is 11.3 Å². The van der Waals surface area contributed by atoms with Crippen molar-refractivity contribution in [3.63, 3.8) is 0 Å². The Morgan fingerprint density at radius 1 is 1.19 bits per heavy atom. The van der Waals surface area contributed by atoms with Gasteiger partial charge in [-0.1, -0.05) is 11.6 Å². The van der Waals surface area contributed by atoms with Crippen LogP contribution in [0.15, 0.2) is 36.4 Å². The molecule has 1 heterocycles. The third-order valence-corrected chi connectivity index (χ3v) is 4.08. The molecule has 0 aliphatic heterocycles. The Balaban J connectivity index is 1.90. The minimum Gasteiger partial charge on any atom is -0.507 e. The van der Waals surface area contributed by atoms with Crippen molar-refractivity contribution in [1.82, 2.24) is 4.98 Å². The van der Waals surface area contributed by atoms with Crippen molar-refractivity contribution < 1.29 is 9.90 Å². The quantitative estimate of drug-likeness (QED) is 0.755. The number of fused-ring (bicyclic) bond motifs is 1. The third-order valence-electron chi connectivity index (χ3n) is 3.15. The van der Waals surface area contributed by atoms with Crippen LogP contribution in [0.1, 0.15) is 20.9 Å². The van der Waals surface area contributed by atoms with Crippen LogP contribution >= 0.6 is 11.3 Å². The van der Waals surface area contributed by atoms with Gasteiger partial charge in [0.2, 0.25) is 0 Å². The fraction of sp³-hybridized carbons (Fsp3) is 0.125. The molecule has 0 atom stereocenters. The molecule has 3 rings (SSSR count). The first kappa shape index (κ1) is 13.6. The highest BCUT2D eigenvalue weighted by Gasteiger charge is 2.12. The van der Waals surface area contributed by atoms with E-state index >= 15 is 0 Å². The number of hydrogen-bond donors (Lipinski definition) is 2. The average molecular weight is 298 g/mol. The van der Waals surface area contributed by atoms with Crippen LogP contribution in [-0.2, 0) is 0 Å². The summed E-state index contributed by atoms with van der Waals surface area (Å²) in [7, 11) is 0. The molecule has 106 valence electrons. The summed E-state index contributed by atoms with van der Waals surface area (Å²) in [5.41, 5.74) is 2.81. The number of nitrogens with zero attached hydrogens (tertiary/aromatic N) is 1. The number of nitrogens with one attached hydrogen (secondary N) is 1. The Morgan fingerprint density at radius 3 is 2.81 bits per heavy atom. The van der Waals surface area contributed by atoms with Crippen LogP contribution < -0.4 is 5.32 Å². The van der Waals surface area contributed by atoms with E-state index in [0.717, 1.165) is 20.8 Å². The van der Waals surface area contributed by atoms with Crippen molar-refractivity contribution in [2.45, 2.75) is 13.8 Å². The number of rotatable bonds is 2. The van der Waals surface area contributed by atoms with E-state index in [4.69, 9.17) is 0 Å². The summed E-state index contributed by atoms with van der Waals surface area (Å²) in [4.78, 5) is 16.6. The van der Waals surface area contributed by atoms with Gasteiger partial charge in [0, 0.05) is 5.69 Å². The maximum atomic E-state index is 12.2. The molecule has 0 spiro atoms. The fourth-order valence-electron chi connectivity index (χ4n) is 2.15. The molecule has 0 aliphatic rings. The zero-order valence-electron chi connectivity index (χ0n) is 11.7. The fourth-order valence-corrected chi connectivity index (χ4v) is 3.01. The predicted octanol–water partition coefficient (Wildman–Crippen LogP) is 3.87. The molecule has 2 aromatic carbocycles. The van der Waals surface area contributed by atoms with Gasteiger partial charge in [-0.05, 0) is 44.2 Å². The molecule has 2 N–H and O–H groups in total. The van der Waals surface area contributed by atoms with E-state index < -0.39 is 0 Å². The molecule has 0 radical (unpaired) electrons. The standard InChI is InChI=1S/C16H14N2O2S/c1-9-3-6-14(19)12(7-9)16(20)18-11-4-5-13-15(8-11)21-10(2)17-13/h3-8,19H,1-2H3,(H,18,20). The van der Waals surface area contributed by atoms with Gasteiger partial charge in [0.1, 0.15) is 5.75 Å². The number of thiazole rings is 1. The Labute approximate surface area is 126 Å². The first-order valence-electron chi connectivity index (χ1n) is 6.51. The van der Waals surface area contributed by atoms with Crippen molar-refractivity contribution in [2.75, 3.05) is 5.32 Å². The molecular weight excluding hydrogens is 284 g/mol. The summed E-state index contributed by atoms with van der Waals surface area (Å²) in [6.45, 7) is 3.83. The van der Waals surface area contributed by atoms with Gasteiger partial charge >= 0.3 is 0 Å². The minimum absolute atomic E-state index is 0.0205. The highest BCUT2D eigenvalue weighted by molar-refractivity contribution is 7.18. The second-order valence-corrected chi connectivity index (χ2v) is 6.12. The first-order chi connectivity index (χ1) is 10.0. The van der Waals surface area contributed by atoms with Crippen LogP contribution in [0.3, 0.4) is 0 Å². The zero-order chi connectivity index (χ0) is 15.0. The Bertz CT molecular complexity index is 839. The van der Waals surface area contributed by atoms with E-state index in [1.54, 1.807) is 23.5 Å². The molecule has 0 saturated carbocycles. The molecule has 0 fully saturated rings. The highest BCUT2D eigenvalue weighted by Crippen LogP contribution is 2.26. The summed E-state index contributed by atoms with van der Waals surface area (Å²) in [6.07, 6.45) is 0. The number of carbonyl (C=O) groups is 1. The summed E-state index contributed by atoms with van der Waals surface area (Å²) >= 11 is 1.58. The van der Waals surface area contributed by atoms with Crippen molar-refractivity contribution >= 4 is 33.1 Å². The number of hydrogen-bond acceptors (Lipinski definition) is 4. The lowest BCUT2D eigenvalue weighted by atomic mass is 10.1. The summed E-state index contributed by atoms with van der Waals surface area (Å²) in [5, 5.41) is 13.6. The first-order valence-corrected chi connectivity index (χ1v) is 7.33. The van der Waals surface area contributed by atoms with Gasteiger partial charge in [0.15, 0.2) is 0 Å². The van der Waals surface area contributed by atoms with E-state index in [2.05, 4.69) is 10.3 Å². The molecule has 21 heavy (non-hydrogen) atoms. The van der Waals surface area contributed by atoms with E-state index in [1.807, 2.05) is 32.0 Å². The van der Waals surface area contributed by atoms with E-state index in [-0.39, 0.29) is 17.2 Å². The molecule has 3 aromatic rings. The van der Waals surface area contributed by atoms with Gasteiger partial charge in [-0.25, -0.2) is 4.98 Å². The maximum absolute atomic E-state index is 12.2. The molecule has 0 bridgehead atoms. The van der Waals surface area contributed by atoms with Gasteiger partial charge in [0.25, 0.3) is 5.91 Å². The zero-order valence-corrected chi connectivity index (χ0v) is 12.5. The van der Waals surface area contributed by atoms with Gasteiger partial charge in [0.05, 0.1) is 20.8 Å². The predicted molar refractivity (Wildman–Crippen MR) is 85.2 cm³/mol. The van der Waals surface area contributed by atoms with Crippen LogP contribution in [0.4, 0.5) is 5.69 Å². The van der Waals surface area contributed by atoms with Crippen molar-refractivity contribution in [3.8, 4) is 5.75 Å². The number of phenols is 1. The lowest BCUT2D eigenvalue weighted by Crippen LogP contribution is -2.12. The Morgan fingerprint density at radius 2 is 2.00 bits per heavy atom. The number of carbonyl (C=O) groups excluding carboxylic acids is 1. The number of benzene rings is 2. The number of aryl methyl sites for hydroxylation is 2. The summed E-state index contributed by atoms with van der Waals surface area (Å²) < 4.78 is 1.03. The second kappa shape index (κ2) is 5.18. The average Bonchev–Trinajstić information content (AvgIpc) is 2.80. The minimum atomic E-state index is -0.322. The van der Waals surface area contributed by atoms with Crippen LogP contribution in [-0.4, -0.2) is 16.0 Å². The second-order valence-electron chi connectivity index (χ2n) is 4.89. The number of anilines is 1. The molecule has 0 saturated heterocycles. The van der Waals surface area contributed by atoms with E-state index in [1.165, 1.54) is 6.07 Å². The van der Waals surface area contributed by atoms with Crippen molar-refractivity contribution in [3.05, 3.63) is 52.5 Å². The topological polar surface area (TPSA) is 62.2 Å². The number of aromatic nitrogens is 1. The smallest absolute Gasteiger partial charge is 0.259 e. The van der Waals surface area contributed by atoms with E-state index in [9.17, 15) is 9.90 Å². The molecule has 0 aliphatic carbocycles. The largest absolute Gasteiger partial charge is 0.507 e. The Kier molecular flexibility index (Phi) is 3.35. The maximum Gasteiger partial charge on any atom is 0.259 e. The number of aromatic hydroxyl groups is 1. The van der Waals surface area contributed by atoms with Gasteiger partial charge in [-0.3, -0.25) is 4.79 Å². The third kappa shape index (κ3) is 2.73. The van der Waals surface area contributed by atoms with E-state index in [0.29, 0.717) is 5.69 Å². The summed E-state index contributed by atoms with van der Waals surface area (Å²) in [6, 6.07) is 10.5. The van der Waals surface area contributed by atoms with Gasteiger partial charge < -0.3 is 10.4 Å². The molecule has 1 aromatic heterocycles. The molecule has 4 nitrogen and oxygen atoms in total. The van der Waals surface area contributed by atoms with Gasteiger partial charge in [-0.2, -0.15) is 0 Å². The van der Waals surface area contributed by atoms with Crippen LogP contribution in [0.2, 0.25) is 0 Å². The van der Waals surface area contributed by atoms with Crippen LogP contribution in [0.5, 0.6) is 5.75 Å². The van der Waals surface area contributed by atoms with Crippen molar-refractivity contribution in [1.29, 1.82) is 0 Å². The molecule has 1 amide bonds. The van der Waals surface area contributed by atoms with Crippen LogP contribution in [0.25, 0.3) is 10.2 Å². The normalized spacial score (nSPS) is 10.8. The lowest BCUT2D eigenvalue weighted by Gasteiger charge is -2.07. The van der Waals surface area contributed by atoms with Crippen LogP contribution in [0, 0.1) is 13.8 Å². The highest BCUT2D eigenvalue weighted by atomic mass is 32.1. The monoisotopic (exact) mass is 298 g/mol. The van der Waals surface area contributed by atoms with Crippen molar-refractivity contribution in [2.24, 2.45) is 0 Å². The number of amides is 1. The lowest BCUT2D eigenvalue weighted by molar-refractivity contribution is 0.102. The summed E-state index contributed by atoms with van der Waals surface area (Å²) in [5.74, 6) is -0.343. The molecule has 5 heteroatoms. The molecular formula is C16H14N2O2S. The SMILES string of the molecule is Cc1ccc(O)c(C(=O)Nc2ccc3nc(C)sc3c2)c1. The molecule has 0 unspecified atom stereocenters. The number of phenolic OH excluding ortho intramolecular Hbond substituents is 1.